The van der Waals surface area contributed by atoms with Gasteiger partial charge >= 0.3 is 0 Å². The van der Waals surface area contributed by atoms with Crippen LogP contribution in [0.2, 0.25) is 0 Å². The number of amides is 1. The van der Waals surface area contributed by atoms with Gasteiger partial charge in [-0.25, -0.2) is 12.8 Å². The van der Waals surface area contributed by atoms with E-state index in [-0.39, 0.29) is 16.5 Å². The minimum Gasteiger partial charge on any atom is -0.336 e. The maximum Gasteiger partial charge on any atom is 0.261 e. The Balaban J connectivity index is 1.37. The molecule has 1 fully saturated rings. The fourth-order valence-corrected chi connectivity index (χ4v) is 4.91. The summed E-state index contributed by atoms with van der Waals surface area (Å²) in [6.45, 7) is 5.73. The lowest BCUT2D eigenvalue weighted by atomic mass is 10.1. The van der Waals surface area contributed by atoms with Gasteiger partial charge in [-0.05, 0) is 54.4 Å². The van der Waals surface area contributed by atoms with Crippen LogP contribution in [0, 0.1) is 12.7 Å². The van der Waals surface area contributed by atoms with Crippen LogP contribution in [0.1, 0.15) is 21.5 Å². The highest BCUT2D eigenvalue weighted by atomic mass is 32.2. The fraction of sp³-hybridized carbons (Fsp3) is 0.240. The molecule has 0 atom stereocenters. The summed E-state index contributed by atoms with van der Waals surface area (Å²) in [5.41, 5.74) is 2.85. The molecule has 8 heteroatoms. The van der Waals surface area contributed by atoms with Crippen molar-refractivity contribution in [2.75, 3.05) is 30.9 Å². The molecule has 0 bridgehead atoms. The lowest BCUT2D eigenvalue weighted by Gasteiger charge is -2.35. The van der Waals surface area contributed by atoms with E-state index in [1.807, 2.05) is 12.1 Å². The van der Waals surface area contributed by atoms with E-state index in [4.69, 9.17) is 0 Å². The minimum absolute atomic E-state index is 0.0367. The number of hydrogen-bond acceptors (Lipinski definition) is 4. The highest BCUT2D eigenvalue weighted by molar-refractivity contribution is 7.92. The summed E-state index contributed by atoms with van der Waals surface area (Å²) in [6, 6.07) is 19.6. The summed E-state index contributed by atoms with van der Waals surface area (Å²) in [4.78, 5) is 17.0. The monoisotopic (exact) mass is 467 g/mol. The second kappa shape index (κ2) is 9.72. The van der Waals surface area contributed by atoms with E-state index >= 15 is 0 Å². The molecule has 0 unspecified atom stereocenters. The van der Waals surface area contributed by atoms with E-state index in [9.17, 15) is 17.6 Å². The number of benzene rings is 3. The molecule has 1 aliphatic heterocycles. The Bertz CT molecular complexity index is 1240. The average Bonchev–Trinajstić information content (AvgIpc) is 2.82. The number of sulfonamides is 1. The number of carbonyl (C=O) groups is 1. The number of para-hydroxylation sites is 1. The number of aryl methyl sites for hydroxylation is 1. The van der Waals surface area contributed by atoms with Crippen molar-refractivity contribution in [3.05, 3.63) is 95.3 Å². The predicted molar refractivity (Wildman–Crippen MR) is 126 cm³/mol. The van der Waals surface area contributed by atoms with Crippen molar-refractivity contribution in [3.8, 4) is 0 Å². The van der Waals surface area contributed by atoms with Gasteiger partial charge in [-0.3, -0.25) is 14.4 Å². The van der Waals surface area contributed by atoms with Crippen LogP contribution in [-0.2, 0) is 16.6 Å². The predicted octanol–water partition coefficient (Wildman–Crippen LogP) is 3.89. The van der Waals surface area contributed by atoms with Gasteiger partial charge in [0.15, 0.2) is 0 Å². The third kappa shape index (κ3) is 5.40. The number of nitrogens with one attached hydrogen (secondary N) is 1. The molecule has 1 aliphatic rings. The van der Waals surface area contributed by atoms with Crippen molar-refractivity contribution in [3.63, 3.8) is 0 Å². The van der Waals surface area contributed by atoms with Crippen LogP contribution in [0.4, 0.5) is 10.1 Å². The first-order chi connectivity index (χ1) is 15.8. The summed E-state index contributed by atoms with van der Waals surface area (Å²) < 4.78 is 41.2. The van der Waals surface area contributed by atoms with Crippen molar-refractivity contribution >= 4 is 21.6 Å². The zero-order valence-corrected chi connectivity index (χ0v) is 19.2. The van der Waals surface area contributed by atoms with Gasteiger partial charge in [0, 0.05) is 38.3 Å². The molecule has 1 heterocycles. The summed E-state index contributed by atoms with van der Waals surface area (Å²) in [5.74, 6) is -0.786. The molecule has 0 radical (unpaired) electrons. The smallest absolute Gasteiger partial charge is 0.261 e. The Labute approximate surface area is 193 Å². The lowest BCUT2D eigenvalue weighted by Crippen LogP contribution is -2.48. The molecule has 3 aromatic rings. The first kappa shape index (κ1) is 22.9. The Morgan fingerprint density at radius 3 is 2.21 bits per heavy atom. The lowest BCUT2D eigenvalue weighted by molar-refractivity contribution is 0.0628. The molecule has 0 aromatic heterocycles. The molecule has 3 aromatic carbocycles. The number of hydrogen-bond donors (Lipinski definition) is 1. The maximum atomic E-state index is 13.8. The van der Waals surface area contributed by atoms with E-state index in [0.717, 1.165) is 19.6 Å². The number of anilines is 1. The van der Waals surface area contributed by atoms with E-state index in [2.05, 4.69) is 28.7 Å². The first-order valence-corrected chi connectivity index (χ1v) is 12.3. The maximum absolute atomic E-state index is 13.8. The van der Waals surface area contributed by atoms with E-state index in [1.54, 1.807) is 11.0 Å². The highest BCUT2D eigenvalue weighted by Crippen LogP contribution is 2.20. The molecule has 172 valence electrons. The van der Waals surface area contributed by atoms with E-state index in [0.29, 0.717) is 18.7 Å². The second-order valence-corrected chi connectivity index (χ2v) is 9.79. The van der Waals surface area contributed by atoms with Gasteiger partial charge in [-0.1, -0.05) is 36.4 Å². The van der Waals surface area contributed by atoms with Crippen molar-refractivity contribution in [2.45, 2.75) is 18.4 Å². The van der Waals surface area contributed by atoms with Crippen LogP contribution in [0.5, 0.6) is 0 Å². The topological polar surface area (TPSA) is 69.7 Å². The van der Waals surface area contributed by atoms with Crippen molar-refractivity contribution in [1.29, 1.82) is 0 Å². The van der Waals surface area contributed by atoms with Gasteiger partial charge in [-0.15, -0.1) is 0 Å². The average molecular weight is 468 g/mol. The van der Waals surface area contributed by atoms with Crippen molar-refractivity contribution in [1.82, 2.24) is 9.80 Å². The third-order valence-corrected chi connectivity index (χ3v) is 7.23. The molecule has 0 aliphatic carbocycles. The largest absolute Gasteiger partial charge is 0.336 e. The molecular formula is C25H26FN3O3S. The van der Waals surface area contributed by atoms with Crippen molar-refractivity contribution < 1.29 is 17.6 Å². The summed E-state index contributed by atoms with van der Waals surface area (Å²) in [6.07, 6.45) is 0. The van der Waals surface area contributed by atoms with Crippen LogP contribution in [0.15, 0.2) is 77.7 Å². The van der Waals surface area contributed by atoms with Gasteiger partial charge < -0.3 is 4.90 Å². The molecule has 4 rings (SSSR count). The van der Waals surface area contributed by atoms with Crippen molar-refractivity contribution in [2.24, 2.45) is 0 Å². The molecule has 0 saturated carbocycles. The number of rotatable bonds is 6. The number of halogens is 1. The Kier molecular flexibility index (Phi) is 6.76. The minimum atomic E-state index is -3.97. The quantitative estimate of drug-likeness (QED) is 0.597. The highest BCUT2D eigenvalue weighted by Gasteiger charge is 2.23. The molecule has 1 saturated heterocycles. The third-order valence-electron chi connectivity index (χ3n) is 5.84. The summed E-state index contributed by atoms with van der Waals surface area (Å²) in [5, 5.41) is 0. The Morgan fingerprint density at radius 1 is 0.909 bits per heavy atom. The van der Waals surface area contributed by atoms with Crippen LogP contribution in [0.25, 0.3) is 0 Å². The van der Waals surface area contributed by atoms with Crippen LogP contribution < -0.4 is 4.72 Å². The van der Waals surface area contributed by atoms with E-state index < -0.39 is 15.8 Å². The van der Waals surface area contributed by atoms with Gasteiger partial charge in [-0.2, -0.15) is 0 Å². The van der Waals surface area contributed by atoms with Crippen LogP contribution in [0.3, 0.4) is 0 Å². The molecule has 6 nitrogen and oxygen atoms in total. The Morgan fingerprint density at radius 2 is 1.55 bits per heavy atom. The number of nitrogens with zero attached hydrogens (tertiary/aromatic N) is 2. The first-order valence-electron chi connectivity index (χ1n) is 10.8. The standard InChI is InChI=1S/C25H26FN3O3S/c1-19-6-2-3-7-21(19)18-28-14-16-29(17-15-28)25(30)20-10-12-22(13-11-20)33(31,32)27-24-9-5-4-8-23(24)26/h2-13,27H,14-18H2,1H3. The Hall–Kier alpha value is -3.23. The molecule has 1 N–H and O–H groups in total. The molecule has 33 heavy (non-hydrogen) atoms. The summed E-state index contributed by atoms with van der Waals surface area (Å²) >= 11 is 0. The van der Waals surface area contributed by atoms with Crippen LogP contribution in [-0.4, -0.2) is 50.3 Å². The molecule has 0 spiro atoms. The SMILES string of the molecule is Cc1ccccc1CN1CCN(C(=O)c2ccc(S(=O)(=O)Nc3ccccc3F)cc2)CC1. The molecular weight excluding hydrogens is 441 g/mol. The van der Waals surface area contributed by atoms with Crippen LogP contribution >= 0.6 is 0 Å². The van der Waals surface area contributed by atoms with Gasteiger partial charge in [0.25, 0.3) is 15.9 Å². The summed E-state index contributed by atoms with van der Waals surface area (Å²) in [7, 11) is -3.97. The van der Waals surface area contributed by atoms with Gasteiger partial charge in [0.1, 0.15) is 5.82 Å². The van der Waals surface area contributed by atoms with Gasteiger partial charge in [0.05, 0.1) is 10.6 Å². The fourth-order valence-electron chi connectivity index (χ4n) is 3.84. The second-order valence-electron chi connectivity index (χ2n) is 8.10. The van der Waals surface area contributed by atoms with Gasteiger partial charge in [0.2, 0.25) is 0 Å². The zero-order chi connectivity index (χ0) is 23.4. The zero-order valence-electron chi connectivity index (χ0n) is 18.4. The normalized spacial score (nSPS) is 14.8. The number of piperazine rings is 1. The molecule has 1 amide bonds. The number of carbonyl (C=O) groups excluding carboxylic acids is 1. The van der Waals surface area contributed by atoms with E-state index in [1.165, 1.54) is 53.6 Å².